The van der Waals surface area contributed by atoms with E-state index < -0.39 is 6.10 Å². The summed E-state index contributed by atoms with van der Waals surface area (Å²) in [5, 5.41) is 16.9. The van der Waals surface area contributed by atoms with Crippen molar-refractivity contribution in [3.8, 4) is 0 Å². The topological polar surface area (TPSA) is 73.8 Å². The van der Waals surface area contributed by atoms with Crippen molar-refractivity contribution in [3.05, 3.63) is 65.2 Å². The van der Waals surface area contributed by atoms with E-state index in [2.05, 4.69) is 46.7 Å². The molecule has 4 rings (SSSR count). The number of nitrogens with one attached hydrogen (secondary N) is 2. The Bertz CT molecular complexity index is 897. The maximum Gasteiger partial charge on any atom is 0.251 e. The third-order valence-corrected chi connectivity index (χ3v) is 6.67. The molecule has 1 amide bonds. The Morgan fingerprint density at radius 2 is 1.94 bits per heavy atom. The van der Waals surface area contributed by atoms with Crippen molar-refractivity contribution in [2.75, 3.05) is 38.2 Å². The molecule has 1 saturated heterocycles. The van der Waals surface area contributed by atoms with Crippen molar-refractivity contribution in [3.63, 3.8) is 0 Å². The van der Waals surface area contributed by atoms with Gasteiger partial charge in [-0.2, -0.15) is 0 Å². The van der Waals surface area contributed by atoms with Crippen LogP contribution in [-0.4, -0.2) is 60.9 Å². The molecule has 0 aliphatic carbocycles. The monoisotopic (exact) mass is 437 g/mol. The molecule has 0 bridgehead atoms. The van der Waals surface area contributed by atoms with Crippen LogP contribution in [0.5, 0.6) is 0 Å². The molecular weight excluding hydrogens is 402 g/mol. The van der Waals surface area contributed by atoms with Gasteiger partial charge in [-0.15, -0.1) is 0 Å². The van der Waals surface area contributed by atoms with Crippen LogP contribution in [0.3, 0.4) is 0 Å². The number of fused-ring (bicyclic) bond motifs is 1. The molecule has 0 spiro atoms. The van der Waals surface area contributed by atoms with Gasteiger partial charge in [0.05, 0.1) is 6.10 Å². The highest BCUT2D eigenvalue weighted by atomic mass is 16.5. The molecule has 0 saturated carbocycles. The predicted octanol–water partition coefficient (Wildman–Crippen LogP) is 3.06. The number of aliphatic hydroxyl groups is 1. The minimum atomic E-state index is -0.598. The van der Waals surface area contributed by atoms with Crippen molar-refractivity contribution in [2.45, 2.75) is 44.9 Å². The lowest BCUT2D eigenvalue weighted by Crippen LogP contribution is -2.42. The van der Waals surface area contributed by atoms with Gasteiger partial charge in [-0.3, -0.25) is 9.69 Å². The normalized spacial score (nSPS) is 19.1. The van der Waals surface area contributed by atoms with Gasteiger partial charge in [-0.05, 0) is 61.4 Å². The van der Waals surface area contributed by atoms with Crippen LogP contribution in [-0.2, 0) is 17.7 Å². The fourth-order valence-corrected chi connectivity index (χ4v) is 4.73. The quantitative estimate of drug-likeness (QED) is 0.592. The third kappa shape index (κ3) is 6.09. The first kappa shape index (κ1) is 22.8. The number of rotatable bonds is 8. The number of carbonyl (C=O) groups is 1. The van der Waals surface area contributed by atoms with E-state index in [1.165, 1.54) is 11.1 Å². The number of nitrogens with zero attached hydrogens (tertiary/aromatic N) is 1. The number of anilines is 1. The molecule has 2 aromatic rings. The first-order valence-corrected chi connectivity index (χ1v) is 11.8. The number of aliphatic hydroxyl groups excluding tert-OH is 1. The molecule has 2 aliphatic heterocycles. The number of ether oxygens (including phenoxy) is 1. The molecule has 1 fully saturated rings. The summed E-state index contributed by atoms with van der Waals surface area (Å²) in [5.41, 5.74) is 4.28. The summed E-state index contributed by atoms with van der Waals surface area (Å²) < 4.78 is 5.46. The highest BCUT2D eigenvalue weighted by Crippen LogP contribution is 2.22. The molecular formula is C26H35N3O3. The van der Waals surface area contributed by atoms with E-state index in [0.717, 1.165) is 51.3 Å². The zero-order valence-electron chi connectivity index (χ0n) is 18.9. The molecule has 2 heterocycles. The fraction of sp³-hybridized carbons (Fsp3) is 0.500. The Morgan fingerprint density at radius 3 is 2.75 bits per heavy atom. The SMILES string of the molecule is CC(Nc1cccc(C(=O)NCC(O)CN2CCc3ccccc3C2)c1)C1CCOCC1. The summed E-state index contributed by atoms with van der Waals surface area (Å²) in [6.07, 6.45) is 2.53. The van der Waals surface area contributed by atoms with Gasteiger partial charge in [-0.25, -0.2) is 0 Å². The second-order valence-corrected chi connectivity index (χ2v) is 9.08. The highest BCUT2D eigenvalue weighted by molar-refractivity contribution is 5.95. The van der Waals surface area contributed by atoms with Crippen LogP contribution in [0.15, 0.2) is 48.5 Å². The Labute approximate surface area is 191 Å². The summed E-state index contributed by atoms with van der Waals surface area (Å²) in [7, 11) is 0. The molecule has 2 atom stereocenters. The lowest BCUT2D eigenvalue weighted by Gasteiger charge is -2.30. The van der Waals surface area contributed by atoms with E-state index >= 15 is 0 Å². The molecule has 2 unspecified atom stereocenters. The first-order valence-electron chi connectivity index (χ1n) is 11.8. The average molecular weight is 438 g/mol. The number of carbonyl (C=O) groups excluding carboxylic acids is 1. The number of benzene rings is 2. The molecule has 0 aromatic heterocycles. The highest BCUT2D eigenvalue weighted by Gasteiger charge is 2.21. The Morgan fingerprint density at radius 1 is 1.16 bits per heavy atom. The second kappa shape index (κ2) is 10.9. The van der Waals surface area contributed by atoms with E-state index in [1.807, 2.05) is 24.3 Å². The van der Waals surface area contributed by atoms with Crippen LogP contribution in [0.1, 0.15) is 41.3 Å². The van der Waals surface area contributed by atoms with Crippen LogP contribution >= 0.6 is 0 Å². The van der Waals surface area contributed by atoms with Gasteiger partial charge >= 0.3 is 0 Å². The average Bonchev–Trinajstić information content (AvgIpc) is 2.83. The van der Waals surface area contributed by atoms with Gasteiger partial charge < -0.3 is 20.5 Å². The largest absolute Gasteiger partial charge is 0.390 e. The van der Waals surface area contributed by atoms with Gasteiger partial charge in [-0.1, -0.05) is 30.3 Å². The van der Waals surface area contributed by atoms with E-state index in [9.17, 15) is 9.90 Å². The number of β-amino-alcohol motifs (C(OH)–C–C–N with tert-alkyl or cyclic N) is 1. The van der Waals surface area contributed by atoms with E-state index in [1.54, 1.807) is 0 Å². The van der Waals surface area contributed by atoms with Crippen molar-refractivity contribution in [1.82, 2.24) is 10.2 Å². The minimum Gasteiger partial charge on any atom is -0.390 e. The van der Waals surface area contributed by atoms with E-state index in [0.29, 0.717) is 24.1 Å². The standard InChI is InChI=1S/C26H35N3O3/c1-19(20-10-13-32-14-11-20)28-24-8-4-7-22(15-24)26(31)27-16-25(30)18-29-12-9-21-5-2-3-6-23(21)17-29/h2-8,15,19-20,25,28,30H,9-14,16-18H2,1H3,(H,27,31). The number of hydrogen-bond acceptors (Lipinski definition) is 5. The molecule has 2 aliphatic rings. The smallest absolute Gasteiger partial charge is 0.251 e. The van der Waals surface area contributed by atoms with Gasteiger partial charge in [0, 0.05) is 56.7 Å². The summed E-state index contributed by atoms with van der Waals surface area (Å²) in [5.74, 6) is 0.425. The second-order valence-electron chi connectivity index (χ2n) is 9.08. The van der Waals surface area contributed by atoms with Crippen molar-refractivity contribution < 1.29 is 14.6 Å². The zero-order valence-corrected chi connectivity index (χ0v) is 18.9. The maximum atomic E-state index is 12.7. The van der Waals surface area contributed by atoms with Crippen LogP contribution < -0.4 is 10.6 Å². The number of hydrogen-bond donors (Lipinski definition) is 3. The summed E-state index contributed by atoms with van der Waals surface area (Å²) in [6.45, 7) is 6.42. The molecule has 172 valence electrons. The number of amides is 1. The molecule has 32 heavy (non-hydrogen) atoms. The van der Waals surface area contributed by atoms with Crippen LogP contribution in [0.25, 0.3) is 0 Å². The lowest BCUT2D eigenvalue weighted by atomic mass is 9.93. The maximum absolute atomic E-state index is 12.7. The van der Waals surface area contributed by atoms with E-state index in [4.69, 9.17) is 4.74 Å². The minimum absolute atomic E-state index is 0.157. The lowest BCUT2D eigenvalue weighted by molar-refractivity contribution is 0.0622. The van der Waals surface area contributed by atoms with Gasteiger partial charge in [0.1, 0.15) is 0 Å². The van der Waals surface area contributed by atoms with E-state index in [-0.39, 0.29) is 12.5 Å². The Kier molecular flexibility index (Phi) is 7.79. The fourth-order valence-electron chi connectivity index (χ4n) is 4.73. The molecule has 2 aromatic carbocycles. The Balaban J connectivity index is 1.24. The van der Waals surface area contributed by atoms with Crippen molar-refractivity contribution in [1.29, 1.82) is 0 Å². The van der Waals surface area contributed by atoms with Crippen LogP contribution in [0, 0.1) is 5.92 Å². The third-order valence-electron chi connectivity index (χ3n) is 6.67. The zero-order chi connectivity index (χ0) is 22.3. The van der Waals surface area contributed by atoms with Crippen LogP contribution in [0.2, 0.25) is 0 Å². The summed E-state index contributed by atoms with van der Waals surface area (Å²) in [6, 6.07) is 16.4. The summed E-state index contributed by atoms with van der Waals surface area (Å²) in [4.78, 5) is 14.9. The van der Waals surface area contributed by atoms with Crippen molar-refractivity contribution >= 4 is 11.6 Å². The summed E-state index contributed by atoms with van der Waals surface area (Å²) >= 11 is 0. The molecule has 0 radical (unpaired) electrons. The molecule has 3 N–H and O–H groups in total. The Hall–Kier alpha value is -2.41. The van der Waals surface area contributed by atoms with Crippen LogP contribution in [0.4, 0.5) is 5.69 Å². The predicted molar refractivity (Wildman–Crippen MR) is 127 cm³/mol. The molecule has 6 heteroatoms. The van der Waals surface area contributed by atoms with Gasteiger partial charge in [0.2, 0.25) is 0 Å². The molecule has 6 nitrogen and oxygen atoms in total. The van der Waals surface area contributed by atoms with Crippen molar-refractivity contribution in [2.24, 2.45) is 5.92 Å². The van der Waals surface area contributed by atoms with Gasteiger partial charge in [0.25, 0.3) is 5.91 Å². The van der Waals surface area contributed by atoms with Gasteiger partial charge in [0.15, 0.2) is 0 Å². The first-order chi connectivity index (χ1) is 15.6.